The topological polar surface area (TPSA) is 50.2 Å². The number of carbonyl (C=O) groups is 1. The molecule has 2 aromatic rings. The molecular weight excluding hydrogens is 238 g/mol. The van der Waals surface area contributed by atoms with Gasteiger partial charge in [0.2, 0.25) is 0 Å². The second-order valence-corrected chi connectivity index (χ2v) is 4.90. The minimum atomic E-state index is -0.950. The molecule has 1 N–H and O–H groups in total. The molecule has 19 heavy (non-hydrogen) atoms. The van der Waals surface area contributed by atoms with Crippen molar-refractivity contribution >= 4 is 5.97 Å². The molecule has 0 unspecified atom stereocenters. The number of aromatic carboxylic acids is 1. The molecule has 0 aliphatic carbocycles. The van der Waals surface area contributed by atoms with Gasteiger partial charge in [-0.1, -0.05) is 6.07 Å². The highest BCUT2D eigenvalue weighted by Gasteiger charge is 2.12. The molecule has 0 saturated carbocycles. The van der Waals surface area contributed by atoms with E-state index in [4.69, 9.17) is 5.11 Å². The normalized spacial score (nSPS) is 10.5. The molecule has 0 fully saturated rings. The monoisotopic (exact) mass is 255 g/mol. The third-order valence-corrected chi connectivity index (χ3v) is 3.64. The third kappa shape index (κ3) is 2.36. The van der Waals surface area contributed by atoms with Gasteiger partial charge in [0.05, 0.1) is 5.56 Å². The van der Waals surface area contributed by atoms with E-state index < -0.39 is 5.97 Å². The molecule has 1 aromatic heterocycles. The molecule has 0 amide bonds. The number of aromatic nitrogens is 1. The van der Waals surface area contributed by atoms with Crippen molar-refractivity contribution in [1.29, 1.82) is 0 Å². The summed E-state index contributed by atoms with van der Waals surface area (Å²) in [6.45, 7) is 8.26. The van der Waals surface area contributed by atoms with E-state index in [9.17, 15) is 4.79 Å². The Balaban J connectivity index is 2.72. The van der Waals surface area contributed by atoms with Crippen molar-refractivity contribution in [3.05, 3.63) is 52.3 Å². The second-order valence-electron chi connectivity index (χ2n) is 4.90. The number of carboxylic acid groups (broad SMARTS) is 1. The van der Waals surface area contributed by atoms with Gasteiger partial charge in [0.1, 0.15) is 0 Å². The summed E-state index contributed by atoms with van der Waals surface area (Å²) in [5.41, 5.74) is 6.93. The van der Waals surface area contributed by atoms with E-state index in [1.165, 1.54) is 28.5 Å². The number of hydrogen-bond acceptors (Lipinski definition) is 2. The standard InChI is InChI=1S/C16H17NO2/c1-9-5-10(2)12(4)15(11(9)3)13-6-14(16(18)19)8-17-7-13/h5-8H,1-4H3,(H,18,19). The summed E-state index contributed by atoms with van der Waals surface area (Å²) in [5, 5.41) is 9.06. The molecule has 2 rings (SSSR count). The minimum absolute atomic E-state index is 0.218. The summed E-state index contributed by atoms with van der Waals surface area (Å²) >= 11 is 0. The van der Waals surface area contributed by atoms with Crippen LogP contribution < -0.4 is 0 Å². The fourth-order valence-electron chi connectivity index (χ4n) is 2.34. The Kier molecular flexibility index (Phi) is 3.38. The van der Waals surface area contributed by atoms with Gasteiger partial charge in [0, 0.05) is 18.0 Å². The SMILES string of the molecule is Cc1cc(C)c(C)c(-c2cncc(C(=O)O)c2)c1C. The van der Waals surface area contributed by atoms with Crippen molar-refractivity contribution in [2.75, 3.05) is 0 Å². The quantitative estimate of drug-likeness (QED) is 0.890. The molecule has 3 nitrogen and oxygen atoms in total. The largest absolute Gasteiger partial charge is 0.478 e. The van der Waals surface area contributed by atoms with Crippen molar-refractivity contribution < 1.29 is 9.90 Å². The Hall–Kier alpha value is -2.16. The molecule has 98 valence electrons. The summed E-state index contributed by atoms with van der Waals surface area (Å²) in [7, 11) is 0. The third-order valence-electron chi connectivity index (χ3n) is 3.64. The van der Waals surface area contributed by atoms with E-state index in [-0.39, 0.29) is 5.56 Å². The second kappa shape index (κ2) is 4.84. The van der Waals surface area contributed by atoms with Crippen LogP contribution in [-0.2, 0) is 0 Å². The molecule has 0 spiro atoms. The number of rotatable bonds is 2. The Morgan fingerprint density at radius 3 is 2.11 bits per heavy atom. The zero-order valence-electron chi connectivity index (χ0n) is 11.6. The van der Waals surface area contributed by atoms with Gasteiger partial charge in [-0.2, -0.15) is 0 Å². The first-order valence-corrected chi connectivity index (χ1v) is 6.18. The van der Waals surface area contributed by atoms with E-state index >= 15 is 0 Å². The van der Waals surface area contributed by atoms with E-state index in [0.29, 0.717) is 0 Å². The predicted molar refractivity (Wildman–Crippen MR) is 75.6 cm³/mol. The fourth-order valence-corrected chi connectivity index (χ4v) is 2.34. The van der Waals surface area contributed by atoms with Gasteiger partial charge in [-0.05, 0) is 61.6 Å². The lowest BCUT2D eigenvalue weighted by atomic mass is 9.90. The van der Waals surface area contributed by atoms with E-state index in [1.807, 2.05) is 0 Å². The molecule has 1 heterocycles. The summed E-state index contributed by atoms with van der Waals surface area (Å²) < 4.78 is 0. The summed E-state index contributed by atoms with van der Waals surface area (Å²) in [4.78, 5) is 15.1. The Morgan fingerprint density at radius 1 is 1.00 bits per heavy atom. The number of carboxylic acids is 1. The van der Waals surface area contributed by atoms with Crippen LogP contribution in [-0.4, -0.2) is 16.1 Å². The van der Waals surface area contributed by atoms with Gasteiger partial charge in [0.15, 0.2) is 0 Å². The fraction of sp³-hybridized carbons (Fsp3) is 0.250. The summed E-state index contributed by atoms with van der Waals surface area (Å²) in [6, 6.07) is 3.84. The van der Waals surface area contributed by atoms with Crippen molar-refractivity contribution in [3.63, 3.8) is 0 Å². The van der Waals surface area contributed by atoms with Crippen LogP contribution in [0.2, 0.25) is 0 Å². The minimum Gasteiger partial charge on any atom is -0.478 e. The molecule has 0 aliphatic rings. The van der Waals surface area contributed by atoms with Crippen LogP contribution in [0.4, 0.5) is 0 Å². The first kappa shape index (κ1) is 13.3. The smallest absolute Gasteiger partial charge is 0.337 e. The zero-order chi connectivity index (χ0) is 14.2. The van der Waals surface area contributed by atoms with Crippen LogP contribution in [0.5, 0.6) is 0 Å². The van der Waals surface area contributed by atoms with Crippen LogP contribution in [0.1, 0.15) is 32.6 Å². The lowest BCUT2D eigenvalue weighted by Gasteiger charge is -2.15. The van der Waals surface area contributed by atoms with Gasteiger partial charge < -0.3 is 5.11 Å². The first-order valence-electron chi connectivity index (χ1n) is 6.18. The number of nitrogens with zero attached hydrogens (tertiary/aromatic N) is 1. The van der Waals surface area contributed by atoms with Crippen molar-refractivity contribution in [3.8, 4) is 11.1 Å². The number of pyridine rings is 1. The van der Waals surface area contributed by atoms with E-state index in [1.54, 1.807) is 12.3 Å². The molecule has 0 aliphatic heterocycles. The number of benzene rings is 1. The predicted octanol–water partition coefficient (Wildman–Crippen LogP) is 3.68. The highest BCUT2D eigenvalue weighted by atomic mass is 16.4. The van der Waals surface area contributed by atoms with Crippen LogP contribution in [0.25, 0.3) is 11.1 Å². The van der Waals surface area contributed by atoms with Gasteiger partial charge in [0.25, 0.3) is 0 Å². The lowest BCUT2D eigenvalue weighted by molar-refractivity contribution is 0.0696. The van der Waals surface area contributed by atoms with E-state index in [0.717, 1.165) is 11.1 Å². The van der Waals surface area contributed by atoms with E-state index in [2.05, 4.69) is 38.7 Å². The van der Waals surface area contributed by atoms with Crippen LogP contribution >= 0.6 is 0 Å². The molecule has 0 radical (unpaired) electrons. The Bertz CT molecular complexity index is 634. The molecule has 0 atom stereocenters. The lowest BCUT2D eigenvalue weighted by Crippen LogP contribution is -2.00. The Morgan fingerprint density at radius 2 is 1.58 bits per heavy atom. The zero-order valence-corrected chi connectivity index (χ0v) is 11.6. The number of hydrogen-bond donors (Lipinski definition) is 1. The molecule has 0 bridgehead atoms. The van der Waals surface area contributed by atoms with Crippen LogP contribution in [0, 0.1) is 27.7 Å². The first-order chi connectivity index (χ1) is 8.91. The summed E-state index contributed by atoms with van der Waals surface area (Å²) in [6.07, 6.45) is 3.10. The van der Waals surface area contributed by atoms with Gasteiger partial charge in [-0.3, -0.25) is 4.98 Å². The van der Waals surface area contributed by atoms with Crippen molar-refractivity contribution in [2.24, 2.45) is 0 Å². The van der Waals surface area contributed by atoms with Gasteiger partial charge in [-0.15, -0.1) is 0 Å². The maximum atomic E-state index is 11.0. The average Bonchev–Trinajstić information content (AvgIpc) is 2.37. The molecule has 3 heteroatoms. The van der Waals surface area contributed by atoms with Crippen molar-refractivity contribution in [2.45, 2.75) is 27.7 Å². The highest BCUT2D eigenvalue weighted by Crippen LogP contribution is 2.31. The Labute approximate surface area is 112 Å². The molecule has 1 aromatic carbocycles. The average molecular weight is 255 g/mol. The van der Waals surface area contributed by atoms with Crippen LogP contribution in [0.15, 0.2) is 24.5 Å². The van der Waals surface area contributed by atoms with Crippen molar-refractivity contribution in [1.82, 2.24) is 4.98 Å². The van der Waals surface area contributed by atoms with Gasteiger partial charge >= 0.3 is 5.97 Å². The molecular formula is C16H17NO2. The number of aryl methyl sites for hydroxylation is 2. The maximum absolute atomic E-state index is 11.0. The van der Waals surface area contributed by atoms with Gasteiger partial charge in [-0.25, -0.2) is 4.79 Å². The maximum Gasteiger partial charge on any atom is 0.337 e. The summed E-state index contributed by atoms with van der Waals surface area (Å²) in [5.74, 6) is -0.950. The highest BCUT2D eigenvalue weighted by molar-refractivity contribution is 5.89. The molecule has 0 saturated heterocycles. The van der Waals surface area contributed by atoms with Crippen LogP contribution in [0.3, 0.4) is 0 Å².